The number of hydrogen-bond donors (Lipinski definition) is 1. The number of aryl methyl sites for hydroxylation is 1. The van der Waals surface area contributed by atoms with Gasteiger partial charge in [-0.2, -0.15) is 11.8 Å². The van der Waals surface area contributed by atoms with Gasteiger partial charge in [0.2, 0.25) is 10.0 Å². The Bertz CT molecular complexity index is 1200. The summed E-state index contributed by atoms with van der Waals surface area (Å²) in [5.41, 5.74) is 4.39. The summed E-state index contributed by atoms with van der Waals surface area (Å²) in [6.45, 7) is 2.83. The monoisotopic (exact) mass is 502 g/mol. The lowest BCUT2D eigenvalue weighted by Gasteiger charge is -2.22. The van der Waals surface area contributed by atoms with Crippen molar-refractivity contribution in [3.8, 4) is 0 Å². The molecule has 0 unspecified atom stereocenters. The molecule has 3 aromatic rings. The average Bonchev–Trinajstić information content (AvgIpc) is 2.78. The molecule has 3 aromatic carbocycles. The van der Waals surface area contributed by atoms with Crippen molar-refractivity contribution in [2.45, 2.75) is 19.2 Å². The molecule has 0 aliphatic heterocycles. The zero-order valence-corrected chi connectivity index (χ0v) is 21.0. The fourth-order valence-electron chi connectivity index (χ4n) is 3.25. The molecule has 5 nitrogen and oxygen atoms in total. The number of nitrogens with one attached hydrogen (secondary N) is 1. The van der Waals surface area contributed by atoms with E-state index >= 15 is 0 Å². The highest BCUT2D eigenvalue weighted by Gasteiger charge is 2.18. The summed E-state index contributed by atoms with van der Waals surface area (Å²) in [5.74, 6) is 1.59. The lowest BCUT2D eigenvalue weighted by molar-refractivity contribution is 0.0956. The first kappa shape index (κ1) is 25.1. The van der Waals surface area contributed by atoms with Crippen LogP contribution in [0.15, 0.2) is 72.8 Å². The number of carbonyl (C=O) groups excluding carboxylic acids is 1. The predicted octanol–water partition coefficient (Wildman–Crippen LogP) is 5.28. The van der Waals surface area contributed by atoms with Crippen molar-refractivity contribution in [3.05, 3.63) is 100 Å². The van der Waals surface area contributed by atoms with Crippen LogP contribution in [0.2, 0.25) is 5.02 Å². The second-order valence-electron chi connectivity index (χ2n) is 7.68. The van der Waals surface area contributed by atoms with Crippen LogP contribution >= 0.6 is 23.4 Å². The number of amides is 1. The Labute approximate surface area is 205 Å². The number of rotatable bonds is 10. The number of anilines is 1. The highest BCUT2D eigenvalue weighted by Crippen LogP contribution is 2.24. The van der Waals surface area contributed by atoms with Gasteiger partial charge in [0.05, 0.1) is 18.5 Å². The first-order valence-electron chi connectivity index (χ1n) is 10.5. The van der Waals surface area contributed by atoms with Gasteiger partial charge in [-0.25, -0.2) is 8.42 Å². The average molecular weight is 503 g/mol. The van der Waals surface area contributed by atoms with Gasteiger partial charge >= 0.3 is 0 Å². The van der Waals surface area contributed by atoms with Gasteiger partial charge in [-0.1, -0.05) is 54.1 Å². The standard InChI is InChI=1S/C25H27ClN2O3S2/c1-19-6-3-4-7-22(19)18-32-15-14-27-25(29)21-12-10-20(11-13-21)17-28(33(2,30)31)24-9-5-8-23(26)16-24/h3-13,16H,14-15,17-18H2,1-2H3,(H,27,29). The van der Waals surface area contributed by atoms with Crippen molar-refractivity contribution in [2.24, 2.45) is 0 Å². The van der Waals surface area contributed by atoms with Gasteiger partial charge in [-0.3, -0.25) is 9.10 Å². The maximum absolute atomic E-state index is 12.4. The lowest BCUT2D eigenvalue weighted by Crippen LogP contribution is -2.29. The van der Waals surface area contributed by atoms with Gasteiger partial charge in [0.1, 0.15) is 0 Å². The van der Waals surface area contributed by atoms with Crippen LogP contribution in [0.25, 0.3) is 0 Å². The van der Waals surface area contributed by atoms with Crippen LogP contribution in [-0.4, -0.2) is 32.9 Å². The van der Waals surface area contributed by atoms with E-state index in [0.717, 1.165) is 23.3 Å². The largest absolute Gasteiger partial charge is 0.351 e. The third kappa shape index (κ3) is 7.52. The van der Waals surface area contributed by atoms with E-state index < -0.39 is 10.0 Å². The molecule has 0 bridgehead atoms. The Morgan fingerprint density at radius 2 is 1.76 bits per heavy atom. The second-order valence-corrected chi connectivity index (χ2v) is 11.1. The molecule has 174 valence electrons. The van der Waals surface area contributed by atoms with Crippen LogP contribution in [0, 0.1) is 6.92 Å². The Hall–Kier alpha value is -2.48. The molecular weight excluding hydrogens is 476 g/mol. The molecule has 0 radical (unpaired) electrons. The SMILES string of the molecule is Cc1ccccc1CSCCNC(=O)c1ccc(CN(c2cccc(Cl)c2)S(C)(=O)=O)cc1. The van der Waals surface area contributed by atoms with Crippen molar-refractivity contribution in [1.29, 1.82) is 0 Å². The molecule has 3 rings (SSSR count). The number of thioether (sulfide) groups is 1. The summed E-state index contributed by atoms with van der Waals surface area (Å²) < 4.78 is 25.9. The highest BCUT2D eigenvalue weighted by molar-refractivity contribution is 7.98. The number of halogens is 1. The van der Waals surface area contributed by atoms with Gasteiger partial charge in [0.15, 0.2) is 0 Å². The molecule has 1 N–H and O–H groups in total. The van der Waals surface area contributed by atoms with Crippen molar-refractivity contribution in [2.75, 3.05) is 22.9 Å². The zero-order chi connectivity index (χ0) is 23.8. The minimum Gasteiger partial charge on any atom is -0.351 e. The van der Waals surface area contributed by atoms with Crippen molar-refractivity contribution in [3.63, 3.8) is 0 Å². The van der Waals surface area contributed by atoms with Gasteiger partial charge in [0.25, 0.3) is 5.91 Å². The molecule has 0 aliphatic carbocycles. The quantitative estimate of drug-likeness (QED) is 0.383. The molecular formula is C25H27ClN2O3S2. The first-order chi connectivity index (χ1) is 15.7. The Morgan fingerprint density at radius 1 is 1.03 bits per heavy atom. The Balaban J connectivity index is 1.53. The zero-order valence-electron chi connectivity index (χ0n) is 18.6. The van der Waals surface area contributed by atoms with Crippen LogP contribution in [0.3, 0.4) is 0 Å². The fourth-order valence-corrected chi connectivity index (χ4v) is 5.25. The van der Waals surface area contributed by atoms with E-state index in [9.17, 15) is 13.2 Å². The lowest BCUT2D eigenvalue weighted by atomic mass is 10.1. The maximum Gasteiger partial charge on any atom is 0.251 e. The van der Waals surface area contributed by atoms with Gasteiger partial charge < -0.3 is 5.32 Å². The third-order valence-corrected chi connectivity index (χ3v) is 7.47. The van der Waals surface area contributed by atoms with Gasteiger partial charge in [-0.15, -0.1) is 0 Å². The van der Waals surface area contributed by atoms with E-state index in [1.807, 2.05) is 12.1 Å². The van der Waals surface area contributed by atoms with Crippen molar-refractivity contribution >= 4 is 45.0 Å². The molecule has 0 fully saturated rings. The number of benzene rings is 3. The van der Waals surface area contributed by atoms with Crippen LogP contribution in [0.5, 0.6) is 0 Å². The van der Waals surface area contributed by atoms with E-state index in [2.05, 4.69) is 24.4 Å². The normalized spacial score (nSPS) is 11.2. The van der Waals surface area contributed by atoms with E-state index in [1.54, 1.807) is 60.3 Å². The molecule has 0 heterocycles. The molecule has 0 atom stereocenters. The maximum atomic E-state index is 12.4. The molecule has 0 spiro atoms. The topological polar surface area (TPSA) is 66.5 Å². The Kier molecular flexibility index (Phi) is 8.83. The molecule has 1 amide bonds. The van der Waals surface area contributed by atoms with Crippen LogP contribution in [0.4, 0.5) is 5.69 Å². The fraction of sp³-hybridized carbons (Fsp3) is 0.240. The molecule has 8 heteroatoms. The number of nitrogens with zero attached hydrogens (tertiary/aromatic N) is 1. The summed E-state index contributed by atoms with van der Waals surface area (Å²) in [7, 11) is -3.51. The first-order valence-corrected chi connectivity index (χ1v) is 13.8. The minimum atomic E-state index is -3.51. The molecule has 33 heavy (non-hydrogen) atoms. The summed E-state index contributed by atoms with van der Waals surface area (Å²) in [6.07, 6.45) is 1.16. The van der Waals surface area contributed by atoms with E-state index in [1.165, 1.54) is 15.4 Å². The predicted molar refractivity (Wildman–Crippen MR) is 139 cm³/mol. The number of carbonyl (C=O) groups is 1. The summed E-state index contributed by atoms with van der Waals surface area (Å²) in [5, 5.41) is 3.40. The third-order valence-electron chi connectivity index (χ3n) is 5.09. The molecule has 0 aromatic heterocycles. The smallest absolute Gasteiger partial charge is 0.251 e. The summed E-state index contributed by atoms with van der Waals surface area (Å²) >= 11 is 7.81. The van der Waals surface area contributed by atoms with E-state index in [0.29, 0.717) is 22.8 Å². The minimum absolute atomic E-state index is 0.146. The molecule has 0 saturated heterocycles. The van der Waals surface area contributed by atoms with E-state index in [4.69, 9.17) is 11.6 Å². The summed E-state index contributed by atoms with van der Waals surface area (Å²) in [6, 6.07) is 22.0. The van der Waals surface area contributed by atoms with E-state index in [-0.39, 0.29) is 12.5 Å². The second kappa shape index (κ2) is 11.6. The number of sulfonamides is 1. The molecule has 0 aliphatic rings. The van der Waals surface area contributed by atoms with Crippen LogP contribution in [0.1, 0.15) is 27.0 Å². The highest BCUT2D eigenvalue weighted by atomic mass is 35.5. The van der Waals surface area contributed by atoms with Crippen molar-refractivity contribution < 1.29 is 13.2 Å². The Morgan fingerprint density at radius 3 is 2.42 bits per heavy atom. The van der Waals surface area contributed by atoms with Crippen LogP contribution in [-0.2, 0) is 22.3 Å². The van der Waals surface area contributed by atoms with Gasteiger partial charge in [-0.05, 0) is 53.9 Å². The van der Waals surface area contributed by atoms with Gasteiger partial charge in [0, 0.05) is 28.6 Å². The number of hydrogen-bond acceptors (Lipinski definition) is 4. The summed E-state index contributed by atoms with van der Waals surface area (Å²) in [4.78, 5) is 12.4. The molecule has 0 saturated carbocycles. The van der Waals surface area contributed by atoms with Crippen molar-refractivity contribution in [1.82, 2.24) is 5.32 Å². The van der Waals surface area contributed by atoms with Crippen LogP contribution < -0.4 is 9.62 Å².